The third kappa shape index (κ3) is 4.90. The third-order valence-electron chi connectivity index (χ3n) is 3.51. The summed E-state index contributed by atoms with van der Waals surface area (Å²) < 4.78 is 45.7. The fourth-order valence-electron chi connectivity index (χ4n) is 2.09. The second-order valence-electron chi connectivity index (χ2n) is 5.36. The van der Waals surface area contributed by atoms with Crippen LogP contribution in [-0.2, 0) is 10.4 Å². The topological polar surface area (TPSA) is 58.6 Å². The first-order valence-corrected chi connectivity index (χ1v) is 8.50. The van der Waals surface area contributed by atoms with Crippen LogP contribution in [0.4, 0.5) is 13.2 Å². The summed E-state index contributed by atoms with van der Waals surface area (Å²) in [5.74, 6) is -0.510. The summed E-state index contributed by atoms with van der Waals surface area (Å²) in [5, 5.41) is 12.6. The van der Waals surface area contributed by atoms with Crippen molar-refractivity contribution in [3.8, 4) is 5.75 Å². The Balaban J connectivity index is 2.01. The van der Waals surface area contributed by atoms with Crippen molar-refractivity contribution in [2.24, 2.45) is 0 Å². The normalized spacial score (nSPS) is 13.8. The first kappa shape index (κ1) is 20.5. The molecule has 2 aromatic rings. The molecule has 9 heteroatoms. The van der Waals surface area contributed by atoms with Crippen LogP contribution in [0.1, 0.15) is 5.56 Å². The standard InChI is InChI=1S/C17H14BrClF3NO3/c18-13-8-12(19)6-7-14(13)26-9-15(24)23-10-16(25,17(20,21)22)11-4-2-1-3-5-11/h1-8,25H,9-10H2,(H,23,24)/t16-/m0/s1. The van der Waals surface area contributed by atoms with Crippen molar-refractivity contribution in [2.45, 2.75) is 11.8 Å². The van der Waals surface area contributed by atoms with E-state index in [9.17, 15) is 23.1 Å². The number of benzene rings is 2. The second-order valence-corrected chi connectivity index (χ2v) is 6.65. The number of aliphatic hydroxyl groups is 1. The average molecular weight is 453 g/mol. The molecular formula is C17H14BrClF3NO3. The van der Waals surface area contributed by atoms with Crippen LogP contribution < -0.4 is 10.1 Å². The van der Waals surface area contributed by atoms with E-state index in [1.54, 1.807) is 6.07 Å². The first-order chi connectivity index (χ1) is 12.1. The molecule has 0 aliphatic heterocycles. The van der Waals surface area contributed by atoms with Crippen molar-refractivity contribution in [2.75, 3.05) is 13.2 Å². The van der Waals surface area contributed by atoms with Crippen molar-refractivity contribution < 1.29 is 27.8 Å². The summed E-state index contributed by atoms with van der Waals surface area (Å²) in [6, 6.07) is 11.1. The number of halogens is 5. The van der Waals surface area contributed by atoms with Gasteiger partial charge in [-0.1, -0.05) is 41.9 Å². The molecule has 26 heavy (non-hydrogen) atoms. The Morgan fingerprint density at radius 2 is 1.85 bits per heavy atom. The van der Waals surface area contributed by atoms with Gasteiger partial charge in [0.1, 0.15) is 5.75 Å². The molecule has 2 aromatic carbocycles. The molecule has 0 heterocycles. The molecule has 2 rings (SSSR count). The van der Waals surface area contributed by atoms with Gasteiger partial charge >= 0.3 is 6.18 Å². The van der Waals surface area contributed by atoms with E-state index >= 15 is 0 Å². The molecule has 0 unspecified atom stereocenters. The van der Waals surface area contributed by atoms with E-state index in [4.69, 9.17) is 16.3 Å². The van der Waals surface area contributed by atoms with Crippen LogP contribution >= 0.6 is 27.5 Å². The zero-order valence-electron chi connectivity index (χ0n) is 13.2. The van der Waals surface area contributed by atoms with Crippen LogP contribution in [0.15, 0.2) is 53.0 Å². The van der Waals surface area contributed by atoms with E-state index in [1.165, 1.54) is 30.3 Å². The fourth-order valence-corrected chi connectivity index (χ4v) is 2.89. The minimum Gasteiger partial charge on any atom is -0.483 e. The Labute approximate surface area is 161 Å². The molecule has 0 saturated heterocycles. The molecule has 0 bridgehead atoms. The average Bonchev–Trinajstić information content (AvgIpc) is 2.58. The van der Waals surface area contributed by atoms with Crippen LogP contribution in [0.3, 0.4) is 0 Å². The van der Waals surface area contributed by atoms with Gasteiger partial charge in [-0.2, -0.15) is 13.2 Å². The number of rotatable bonds is 6. The quantitative estimate of drug-likeness (QED) is 0.695. The number of ether oxygens (including phenoxy) is 1. The first-order valence-electron chi connectivity index (χ1n) is 7.32. The van der Waals surface area contributed by atoms with Gasteiger partial charge in [0.15, 0.2) is 6.61 Å². The Kier molecular flexibility index (Phi) is 6.54. The summed E-state index contributed by atoms with van der Waals surface area (Å²) >= 11 is 8.98. The van der Waals surface area contributed by atoms with E-state index < -0.39 is 30.8 Å². The molecule has 1 amide bonds. The molecule has 0 radical (unpaired) electrons. The SMILES string of the molecule is O=C(COc1ccc(Cl)cc1Br)NC[C@](O)(c1ccccc1)C(F)(F)F. The summed E-state index contributed by atoms with van der Waals surface area (Å²) in [7, 11) is 0. The molecule has 4 nitrogen and oxygen atoms in total. The fraction of sp³-hybridized carbons (Fsp3) is 0.235. The van der Waals surface area contributed by atoms with Crippen molar-refractivity contribution in [3.05, 3.63) is 63.6 Å². The maximum absolute atomic E-state index is 13.3. The predicted molar refractivity (Wildman–Crippen MR) is 94.1 cm³/mol. The number of carbonyl (C=O) groups excluding carboxylic acids is 1. The van der Waals surface area contributed by atoms with Crippen LogP contribution in [-0.4, -0.2) is 30.3 Å². The summed E-state index contributed by atoms with van der Waals surface area (Å²) in [5.41, 5.74) is -3.57. The molecule has 0 aliphatic rings. The van der Waals surface area contributed by atoms with Crippen molar-refractivity contribution in [3.63, 3.8) is 0 Å². The molecular weight excluding hydrogens is 439 g/mol. The number of hydrogen-bond donors (Lipinski definition) is 2. The van der Waals surface area contributed by atoms with Crippen LogP contribution in [0, 0.1) is 0 Å². The summed E-state index contributed by atoms with van der Waals surface area (Å²) in [6.45, 7) is -1.56. The molecule has 140 valence electrons. The van der Waals surface area contributed by atoms with Crippen molar-refractivity contribution in [1.82, 2.24) is 5.32 Å². The maximum atomic E-state index is 13.3. The molecule has 1 atom stereocenters. The van der Waals surface area contributed by atoms with Gasteiger partial charge in [-0.15, -0.1) is 0 Å². The van der Waals surface area contributed by atoms with Crippen LogP contribution in [0.2, 0.25) is 5.02 Å². The highest BCUT2D eigenvalue weighted by Crippen LogP contribution is 2.38. The monoisotopic (exact) mass is 451 g/mol. The molecule has 0 saturated carbocycles. The summed E-state index contributed by atoms with van der Waals surface area (Å²) in [4.78, 5) is 11.8. The van der Waals surface area contributed by atoms with E-state index in [0.29, 0.717) is 15.2 Å². The number of nitrogens with one attached hydrogen (secondary N) is 1. The van der Waals surface area contributed by atoms with Gasteiger partial charge in [-0.25, -0.2) is 0 Å². The lowest BCUT2D eigenvalue weighted by Gasteiger charge is -2.31. The summed E-state index contributed by atoms with van der Waals surface area (Å²) in [6.07, 6.45) is -4.97. The molecule has 0 fully saturated rings. The Morgan fingerprint density at radius 3 is 2.42 bits per heavy atom. The zero-order valence-corrected chi connectivity index (χ0v) is 15.5. The minimum absolute atomic E-state index is 0.304. The third-order valence-corrected chi connectivity index (χ3v) is 4.37. The van der Waals surface area contributed by atoms with E-state index in [-0.39, 0.29) is 5.56 Å². The molecule has 0 spiro atoms. The zero-order chi connectivity index (χ0) is 19.4. The lowest BCUT2D eigenvalue weighted by molar-refractivity contribution is -0.264. The lowest BCUT2D eigenvalue weighted by Crippen LogP contribution is -2.51. The van der Waals surface area contributed by atoms with Gasteiger partial charge in [0.2, 0.25) is 5.60 Å². The number of amides is 1. The highest BCUT2D eigenvalue weighted by Gasteiger charge is 2.55. The highest BCUT2D eigenvalue weighted by atomic mass is 79.9. The van der Waals surface area contributed by atoms with Gasteiger partial charge in [0.05, 0.1) is 11.0 Å². The van der Waals surface area contributed by atoms with Gasteiger partial charge in [-0.3, -0.25) is 4.79 Å². The predicted octanol–water partition coefficient (Wildman–Crippen LogP) is 4.05. The van der Waals surface area contributed by atoms with E-state index in [2.05, 4.69) is 21.2 Å². The van der Waals surface area contributed by atoms with Gasteiger partial charge in [-0.05, 0) is 39.7 Å². The largest absolute Gasteiger partial charge is 0.483 e. The molecule has 0 aliphatic carbocycles. The second kappa shape index (κ2) is 8.28. The number of alkyl halides is 3. The number of carbonyl (C=O) groups is 1. The number of hydrogen-bond acceptors (Lipinski definition) is 3. The smallest absolute Gasteiger partial charge is 0.423 e. The lowest BCUT2D eigenvalue weighted by atomic mass is 9.93. The molecule has 2 N–H and O–H groups in total. The van der Waals surface area contributed by atoms with Crippen LogP contribution in [0.25, 0.3) is 0 Å². The van der Waals surface area contributed by atoms with Gasteiger partial charge in [0.25, 0.3) is 5.91 Å². The minimum atomic E-state index is -4.97. The van der Waals surface area contributed by atoms with E-state index in [1.807, 2.05) is 0 Å². The van der Waals surface area contributed by atoms with Gasteiger partial charge < -0.3 is 15.2 Å². The van der Waals surface area contributed by atoms with E-state index in [0.717, 1.165) is 12.1 Å². The molecule has 0 aromatic heterocycles. The van der Waals surface area contributed by atoms with Gasteiger partial charge in [0, 0.05) is 5.02 Å². The van der Waals surface area contributed by atoms with Crippen LogP contribution in [0.5, 0.6) is 5.75 Å². The Morgan fingerprint density at radius 1 is 1.19 bits per heavy atom. The Bertz CT molecular complexity index is 774. The highest BCUT2D eigenvalue weighted by molar-refractivity contribution is 9.10. The van der Waals surface area contributed by atoms with Crippen molar-refractivity contribution in [1.29, 1.82) is 0 Å². The Hall–Kier alpha value is -1.77. The van der Waals surface area contributed by atoms with Crippen molar-refractivity contribution >= 4 is 33.4 Å². The maximum Gasteiger partial charge on any atom is 0.423 e.